The van der Waals surface area contributed by atoms with Crippen molar-refractivity contribution in [1.29, 1.82) is 0 Å². The van der Waals surface area contributed by atoms with Crippen molar-refractivity contribution >= 4 is 34.2 Å². The van der Waals surface area contributed by atoms with Gasteiger partial charge in [0.2, 0.25) is 5.88 Å². The molecule has 6 heteroatoms. The Morgan fingerprint density at radius 2 is 1.48 bits per heavy atom. The molecule has 2 unspecified atom stereocenters. The lowest BCUT2D eigenvalue weighted by Gasteiger charge is -2.43. The molecule has 0 amide bonds. The predicted octanol–water partition coefficient (Wildman–Crippen LogP) is 5.98. The fourth-order valence-electron chi connectivity index (χ4n) is 6.66. The molecule has 33 heavy (non-hydrogen) atoms. The summed E-state index contributed by atoms with van der Waals surface area (Å²) in [6.45, 7) is 3.92. The lowest BCUT2D eigenvalue weighted by molar-refractivity contribution is -0.129. The zero-order valence-corrected chi connectivity index (χ0v) is 19.4. The maximum atomic E-state index is 13.5. The summed E-state index contributed by atoms with van der Waals surface area (Å²) in [6.07, 6.45) is 5.97. The largest absolute Gasteiger partial charge is 0.437 e. The average molecular weight is 461 g/mol. The number of Topliss-reactive ketones (excluding diaryl/α,β-unsaturated/α-hetero) is 2. The minimum absolute atomic E-state index is 0.0638. The van der Waals surface area contributed by atoms with Gasteiger partial charge in [-0.2, -0.15) is 0 Å². The SMILES string of the molecule is Cc1cc(Oc2cnc3cc(Cl)ccc3n2)cc(C)c1C1C(=O)C2C3CCC(CC3)C2C1=O. The third kappa shape index (κ3) is 3.28. The van der Waals surface area contributed by atoms with E-state index >= 15 is 0 Å². The Balaban J connectivity index is 1.31. The number of halogens is 1. The summed E-state index contributed by atoms with van der Waals surface area (Å²) in [5.41, 5.74) is 4.07. The smallest absolute Gasteiger partial charge is 0.238 e. The number of carbonyl (C=O) groups is 2. The summed E-state index contributed by atoms with van der Waals surface area (Å²) >= 11 is 6.02. The molecule has 0 radical (unpaired) electrons. The molecule has 168 valence electrons. The van der Waals surface area contributed by atoms with Gasteiger partial charge < -0.3 is 4.74 Å². The molecule has 4 saturated carbocycles. The minimum Gasteiger partial charge on any atom is -0.437 e. The average Bonchev–Trinajstić information content (AvgIpc) is 3.07. The molecular formula is C27H25ClN2O3. The van der Waals surface area contributed by atoms with Crippen molar-refractivity contribution in [3.63, 3.8) is 0 Å². The zero-order chi connectivity index (χ0) is 22.9. The summed E-state index contributed by atoms with van der Waals surface area (Å²) < 4.78 is 6.01. The second-order valence-electron chi connectivity index (χ2n) is 9.88. The van der Waals surface area contributed by atoms with Crippen LogP contribution in [0.3, 0.4) is 0 Å². The molecule has 4 fully saturated rings. The van der Waals surface area contributed by atoms with Crippen molar-refractivity contribution in [1.82, 2.24) is 9.97 Å². The summed E-state index contributed by atoms with van der Waals surface area (Å²) in [5.74, 6) is 1.34. The second kappa shape index (κ2) is 7.63. The zero-order valence-electron chi connectivity index (χ0n) is 18.7. The number of nitrogens with zero attached hydrogens (tertiary/aromatic N) is 2. The van der Waals surface area contributed by atoms with Crippen molar-refractivity contribution < 1.29 is 14.3 Å². The van der Waals surface area contributed by atoms with Crippen LogP contribution in [0.4, 0.5) is 0 Å². The second-order valence-corrected chi connectivity index (χ2v) is 10.3. The van der Waals surface area contributed by atoms with Gasteiger partial charge in [-0.3, -0.25) is 9.59 Å². The fraction of sp³-hybridized carbons (Fsp3) is 0.407. The van der Waals surface area contributed by atoms with Gasteiger partial charge in [0.05, 0.1) is 17.2 Å². The van der Waals surface area contributed by atoms with E-state index in [0.29, 0.717) is 39.5 Å². The first-order valence-corrected chi connectivity index (χ1v) is 12.1. The fourth-order valence-corrected chi connectivity index (χ4v) is 6.83. The number of rotatable bonds is 3. The minimum atomic E-state index is -0.625. The van der Waals surface area contributed by atoms with Crippen LogP contribution >= 0.6 is 11.6 Å². The van der Waals surface area contributed by atoms with E-state index in [4.69, 9.17) is 16.3 Å². The number of hydrogen-bond donors (Lipinski definition) is 0. The van der Waals surface area contributed by atoms with Crippen LogP contribution in [0, 0.1) is 37.5 Å². The number of aryl methyl sites for hydroxylation is 2. The van der Waals surface area contributed by atoms with Gasteiger partial charge in [0, 0.05) is 16.9 Å². The third-order valence-corrected chi connectivity index (χ3v) is 8.24. The van der Waals surface area contributed by atoms with Crippen molar-refractivity contribution in [2.75, 3.05) is 0 Å². The predicted molar refractivity (Wildman–Crippen MR) is 126 cm³/mol. The maximum absolute atomic E-state index is 13.5. The molecular weight excluding hydrogens is 436 g/mol. The number of ketones is 2. The Labute approximate surface area is 197 Å². The van der Waals surface area contributed by atoms with Gasteiger partial charge in [-0.05, 0) is 98.4 Å². The molecule has 4 aliphatic rings. The van der Waals surface area contributed by atoms with Gasteiger partial charge in [-0.15, -0.1) is 0 Å². The molecule has 1 aromatic heterocycles. The summed E-state index contributed by atoms with van der Waals surface area (Å²) in [6, 6.07) is 9.13. The van der Waals surface area contributed by atoms with E-state index in [9.17, 15) is 9.59 Å². The molecule has 2 aromatic carbocycles. The highest BCUT2D eigenvalue weighted by Gasteiger charge is 2.59. The molecule has 2 bridgehead atoms. The van der Waals surface area contributed by atoms with E-state index in [0.717, 1.165) is 42.4 Å². The third-order valence-electron chi connectivity index (χ3n) is 8.01. The number of carbonyl (C=O) groups excluding carboxylic acids is 2. The molecule has 1 heterocycles. The van der Waals surface area contributed by atoms with Gasteiger partial charge in [0.1, 0.15) is 11.7 Å². The number of ether oxygens (including phenoxy) is 1. The molecule has 0 spiro atoms. The molecule has 0 aliphatic heterocycles. The molecule has 0 saturated heterocycles. The van der Waals surface area contributed by atoms with E-state index in [-0.39, 0.29) is 23.4 Å². The summed E-state index contributed by atoms with van der Waals surface area (Å²) in [4.78, 5) is 35.9. The Kier molecular flexibility index (Phi) is 4.80. The van der Waals surface area contributed by atoms with Gasteiger partial charge in [-0.25, -0.2) is 9.97 Å². The molecule has 0 N–H and O–H groups in total. The van der Waals surface area contributed by atoms with Crippen molar-refractivity contribution in [2.24, 2.45) is 23.7 Å². The first-order chi connectivity index (χ1) is 15.9. The maximum Gasteiger partial charge on any atom is 0.238 e. The van der Waals surface area contributed by atoms with E-state index in [1.165, 1.54) is 0 Å². The first-order valence-electron chi connectivity index (χ1n) is 11.7. The summed E-state index contributed by atoms with van der Waals surface area (Å²) in [7, 11) is 0. The van der Waals surface area contributed by atoms with Crippen LogP contribution in [0.1, 0.15) is 48.3 Å². The number of aromatic nitrogens is 2. The molecule has 3 aromatic rings. The molecule has 4 aliphatic carbocycles. The highest BCUT2D eigenvalue weighted by atomic mass is 35.5. The first kappa shape index (κ1) is 20.8. The van der Waals surface area contributed by atoms with E-state index < -0.39 is 5.92 Å². The van der Waals surface area contributed by atoms with E-state index in [1.807, 2.05) is 26.0 Å². The number of hydrogen-bond acceptors (Lipinski definition) is 5. The van der Waals surface area contributed by atoms with E-state index in [2.05, 4.69) is 9.97 Å². The lowest BCUT2D eigenvalue weighted by atomic mass is 9.59. The van der Waals surface area contributed by atoms with Gasteiger partial charge in [0.25, 0.3) is 0 Å². The monoisotopic (exact) mass is 460 g/mol. The lowest BCUT2D eigenvalue weighted by Crippen LogP contribution is -2.41. The topological polar surface area (TPSA) is 69.2 Å². The Morgan fingerprint density at radius 1 is 0.879 bits per heavy atom. The van der Waals surface area contributed by atoms with Crippen LogP contribution in [0.2, 0.25) is 5.02 Å². The van der Waals surface area contributed by atoms with Gasteiger partial charge >= 0.3 is 0 Å². The van der Waals surface area contributed by atoms with Crippen LogP contribution in [-0.4, -0.2) is 21.5 Å². The molecule has 5 nitrogen and oxygen atoms in total. The Hall–Kier alpha value is -2.79. The highest BCUT2D eigenvalue weighted by Crippen LogP contribution is 2.56. The van der Waals surface area contributed by atoms with Crippen molar-refractivity contribution in [2.45, 2.75) is 45.4 Å². The quantitative estimate of drug-likeness (QED) is 0.449. The number of benzene rings is 2. The molecule has 2 atom stereocenters. The standard InChI is InChI=1S/C27H25ClN2O3/c1-13-9-18(33-21-12-29-20-11-17(28)7-8-19(20)30-21)10-14(2)22(13)25-26(31)23-15-3-4-16(6-5-15)24(23)27(25)32/h7-12,15-16,23-25H,3-6H2,1-2H3. The Bertz CT molecular complexity index is 1260. The number of fused-ring (bicyclic) bond motifs is 3. The molecule has 7 rings (SSSR count). The van der Waals surface area contributed by atoms with Crippen LogP contribution in [-0.2, 0) is 9.59 Å². The van der Waals surface area contributed by atoms with Crippen LogP contribution in [0.5, 0.6) is 11.6 Å². The van der Waals surface area contributed by atoms with Gasteiger partial charge in [0.15, 0.2) is 11.6 Å². The normalized spacial score (nSPS) is 28.4. The highest BCUT2D eigenvalue weighted by molar-refractivity contribution is 6.31. The van der Waals surface area contributed by atoms with Crippen LogP contribution < -0.4 is 4.74 Å². The Morgan fingerprint density at radius 3 is 2.09 bits per heavy atom. The van der Waals surface area contributed by atoms with Crippen molar-refractivity contribution in [3.05, 3.63) is 58.2 Å². The summed E-state index contributed by atoms with van der Waals surface area (Å²) in [5, 5.41) is 0.608. The van der Waals surface area contributed by atoms with Gasteiger partial charge in [-0.1, -0.05) is 11.6 Å². The van der Waals surface area contributed by atoms with Crippen LogP contribution in [0.15, 0.2) is 36.5 Å². The van der Waals surface area contributed by atoms with Crippen LogP contribution in [0.25, 0.3) is 11.0 Å². The van der Waals surface area contributed by atoms with Crippen molar-refractivity contribution in [3.8, 4) is 11.6 Å². The van der Waals surface area contributed by atoms with E-state index in [1.54, 1.807) is 24.4 Å².